The van der Waals surface area contributed by atoms with E-state index in [0.29, 0.717) is 32.5 Å². The van der Waals surface area contributed by atoms with Crippen molar-refractivity contribution < 1.29 is 14.6 Å². The summed E-state index contributed by atoms with van der Waals surface area (Å²) in [5.41, 5.74) is 1.10. The van der Waals surface area contributed by atoms with Gasteiger partial charge in [0.1, 0.15) is 0 Å². The topological polar surface area (TPSA) is 58.6 Å². The second-order valence-corrected chi connectivity index (χ2v) is 5.75. The Morgan fingerprint density at radius 1 is 1.35 bits per heavy atom. The number of benzene rings is 1. The molecule has 0 aliphatic rings. The van der Waals surface area contributed by atoms with E-state index in [0.717, 1.165) is 18.4 Å². The number of aliphatic hydroxyl groups excluding tert-OH is 1. The lowest BCUT2D eigenvalue weighted by Gasteiger charge is -2.15. The van der Waals surface area contributed by atoms with E-state index < -0.39 is 0 Å². The lowest BCUT2D eigenvalue weighted by Crippen LogP contribution is -2.36. The van der Waals surface area contributed by atoms with Gasteiger partial charge in [0.2, 0.25) is 5.91 Å². The number of carbonyl (C=O) groups excluding carboxylic acids is 1. The highest BCUT2D eigenvalue weighted by Crippen LogP contribution is 2.07. The van der Waals surface area contributed by atoms with E-state index >= 15 is 0 Å². The first-order chi connectivity index (χ1) is 11.2. The number of carbonyl (C=O) groups is 1. The molecule has 0 saturated heterocycles. The van der Waals surface area contributed by atoms with Crippen molar-refractivity contribution in [2.45, 2.75) is 57.8 Å². The van der Waals surface area contributed by atoms with Crippen molar-refractivity contribution in [3.05, 3.63) is 48.6 Å². The molecule has 0 radical (unpaired) electrons. The number of rotatable bonds is 12. The molecule has 0 bridgehead atoms. The molecule has 4 nitrogen and oxygen atoms in total. The van der Waals surface area contributed by atoms with Crippen LogP contribution in [-0.4, -0.2) is 29.8 Å². The molecule has 2 atom stereocenters. The number of ether oxygens (including phenoxy) is 1. The van der Waals surface area contributed by atoms with E-state index in [1.165, 1.54) is 0 Å². The summed E-state index contributed by atoms with van der Waals surface area (Å²) in [7, 11) is 0. The molecule has 0 unspecified atom stereocenters. The summed E-state index contributed by atoms with van der Waals surface area (Å²) in [6.07, 6.45) is 4.94. The molecule has 0 aromatic heterocycles. The van der Waals surface area contributed by atoms with Crippen LogP contribution in [0.5, 0.6) is 0 Å². The van der Waals surface area contributed by atoms with Crippen LogP contribution in [0, 0.1) is 0 Å². The molecule has 0 spiro atoms. The molecule has 2 N–H and O–H groups in total. The van der Waals surface area contributed by atoms with Crippen molar-refractivity contribution in [2.75, 3.05) is 6.61 Å². The maximum absolute atomic E-state index is 11.9. The second kappa shape index (κ2) is 11.9. The zero-order chi connectivity index (χ0) is 16.9. The Hall–Kier alpha value is -1.65. The maximum atomic E-state index is 11.9. The molecule has 0 heterocycles. The van der Waals surface area contributed by atoms with Crippen LogP contribution < -0.4 is 5.32 Å². The van der Waals surface area contributed by atoms with Gasteiger partial charge in [0.15, 0.2) is 0 Å². The van der Waals surface area contributed by atoms with E-state index in [-0.39, 0.29) is 18.1 Å². The van der Waals surface area contributed by atoms with Gasteiger partial charge in [-0.25, -0.2) is 0 Å². The van der Waals surface area contributed by atoms with Crippen LogP contribution in [-0.2, 0) is 16.1 Å². The standard InChI is InChI=1S/C19H29NO3/c1-3-9-18(21)12-8-13-19(22)20-17(4-2)15-23-14-16-10-6-5-7-11-16/h4-7,10-11,17-18,21H,2-3,8-9,12-15H2,1H3,(H,20,22)/t17-,18-/m1/s1. The van der Waals surface area contributed by atoms with Gasteiger partial charge in [0.25, 0.3) is 0 Å². The Morgan fingerprint density at radius 3 is 2.74 bits per heavy atom. The molecule has 1 aromatic carbocycles. The molecule has 4 heteroatoms. The Balaban J connectivity index is 2.19. The number of nitrogens with one attached hydrogen (secondary N) is 1. The molecular weight excluding hydrogens is 290 g/mol. The minimum Gasteiger partial charge on any atom is -0.393 e. The van der Waals surface area contributed by atoms with Gasteiger partial charge in [-0.05, 0) is 24.8 Å². The van der Waals surface area contributed by atoms with Crippen LogP contribution in [0.15, 0.2) is 43.0 Å². The van der Waals surface area contributed by atoms with Crippen LogP contribution in [0.3, 0.4) is 0 Å². The minimum absolute atomic E-state index is 0.0260. The molecule has 1 amide bonds. The summed E-state index contributed by atoms with van der Waals surface area (Å²) in [5.74, 6) is -0.0260. The molecule has 0 fully saturated rings. The summed E-state index contributed by atoms with van der Waals surface area (Å²) >= 11 is 0. The van der Waals surface area contributed by atoms with E-state index in [1.807, 2.05) is 37.3 Å². The molecule has 0 aliphatic carbocycles. The van der Waals surface area contributed by atoms with Gasteiger partial charge >= 0.3 is 0 Å². The largest absolute Gasteiger partial charge is 0.393 e. The first-order valence-electron chi connectivity index (χ1n) is 8.37. The van der Waals surface area contributed by atoms with Crippen molar-refractivity contribution >= 4 is 5.91 Å². The van der Waals surface area contributed by atoms with Gasteiger partial charge < -0.3 is 15.2 Å². The SMILES string of the molecule is C=C[C@H](COCc1ccccc1)NC(=O)CCC[C@H](O)CCC. The highest BCUT2D eigenvalue weighted by atomic mass is 16.5. The number of hydrogen-bond donors (Lipinski definition) is 2. The molecule has 0 aliphatic heterocycles. The number of aliphatic hydroxyl groups is 1. The van der Waals surface area contributed by atoms with Crippen LogP contribution in [0.25, 0.3) is 0 Å². The summed E-state index contributed by atoms with van der Waals surface area (Å²) in [5, 5.41) is 12.5. The lowest BCUT2D eigenvalue weighted by atomic mass is 10.1. The van der Waals surface area contributed by atoms with Crippen molar-refractivity contribution in [1.29, 1.82) is 0 Å². The highest BCUT2D eigenvalue weighted by Gasteiger charge is 2.10. The first-order valence-corrected chi connectivity index (χ1v) is 8.37. The summed E-state index contributed by atoms with van der Waals surface area (Å²) in [6, 6.07) is 9.73. The predicted octanol–water partition coefficient (Wildman–Crippen LogP) is 3.21. The van der Waals surface area contributed by atoms with Gasteiger partial charge in [-0.15, -0.1) is 6.58 Å². The summed E-state index contributed by atoms with van der Waals surface area (Å²) < 4.78 is 5.62. The number of hydrogen-bond acceptors (Lipinski definition) is 3. The van der Waals surface area contributed by atoms with E-state index in [4.69, 9.17) is 4.74 Å². The Labute approximate surface area is 139 Å². The Morgan fingerprint density at radius 2 is 2.09 bits per heavy atom. The summed E-state index contributed by atoms with van der Waals surface area (Å²) in [4.78, 5) is 11.9. The van der Waals surface area contributed by atoms with E-state index in [1.54, 1.807) is 6.08 Å². The highest BCUT2D eigenvalue weighted by molar-refractivity contribution is 5.76. The third-order valence-electron chi connectivity index (χ3n) is 3.60. The normalized spacial score (nSPS) is 13.3. The fraction of sp³-hybridized carbons (Fsp3) is 0.526. The quantitative estimate of drug-likeness (QED) is 0.582. The summed E-state index contributed by atoms with van der Waals surface area (Å²) in [6.45, 7) is 6.70. The fourth-order valence-electron chi connectivity index (χ4n) is 2.30. The Bertz CT molecular complexity index is 447. The average Bonchev–Trinajstić information content (AvgIpc) is 2.55. The van der Waals surface area contributed by atoms with Crippen LogP contribution in [0.4, 0.5) is 0 Å². The Kier molecular flexibility index (Phi) is 10.00. The van der Waals surface area contributed by atoms with Crippen LogP contribution >= 0.6 is 0 Å². The zero-order valence-electron chi connectivity index (χ0n) is 14.0. The smallest absolute Gasteiger partial charge is 0.220 e. The fourth-order valence-corrected chi connectivity index (χ4v) is 2.30. The van der Waals surface area contributed by atoms with Gasteiger partial charge in [-0.1, -0.05) is 49.8 Å². The van der Waals surface area contributed by atoms with E-state index in [9.17, 15) is 9.90 Å². The zero-order valence-corrected chi connectivity index (χ0v) is 14.0. The third-order valence-corrected chi connectivity index (χ3v) is 3.60. The molecule has 0 saturated carbocycles. The van der Waals surface area contributed by atoms with Gasteiger partial charge in [0, 0.05) is 6.42 Å². The van der Waals surface area contributed by atoms with Crippen molar-refractivity contribution in [2.24, 2.45) is 0 Å². The monoisotopic (exact) mass is 319 g/mol. The molecule has 1 rings (SSSR count). The van der Waals surface area contributed by atoms with Crippen molar-refractivity contribution in [3.63, 3.8) is 0 Å². The van der Waals surface area contributed by atoms with Gasteiger partial charge in [-0.3, -0.25) is 4.79 Å². The minimum atomic E-state index is -0.294. The molecule has 128 valence electrons. The van der Waals surface area contributed by atoms with Crippen LogP contribution in [0.2, 0.25) is 0 Å². The lowest BCUT2D eigenvalue weighted by molar-refractivity contribution is -0.122. The molecule has 23 heavy (non-hydrogen) atoms. The van der Waals surface area contributed by atoms with Gasteiger partial charge in [-0.2, -0.15) is 0 Å². The average molecular weight is 319 g/mol. The van der Waals surface area contributed by atoms with Crippen molar-refractivity contribution in [3.8, 4) is 0 Å². The predicted molar refractivity (Wildman–Crippen MR) is 93.0 cm³/mol. The maximum Gasteiger partial charge on any atom is 0.220 e. The molecule has 1 aromatic rings. The molecular formula is C19H29NO3. The number of amides is 1. The second-order valence-electron chi connectivity index (χ2n) is 5.75. The van der Waals surface area contributed by atoms with Crippen LogP contribution in [0.1, 0.15) is 44.6 Å². The van der Waals surface area contributed by atoms with E-state index in [2.05, 4.69) is 11.9 Å². The third kappa shape index (κ3) is 9.16. The van der Waals surface area contributed by atoms with Crippen molar-refractivity contribution in [1.82, 2.24) is 5.32 Å². The first kappa shape index (κ1) is 19.4. The van der Waals surface area contributed by atoms with Gasteiger partial charge in [0.05, 0.1) is 25.4 Å².